The monoisotopic (exact) mass is 928 g/mol. The zero-order valence-electron chi connectivity index (χ0n) is 40.3. The van der Waals surface area contributed by atoms with E-state index in [1.54, 1.807) is 68.9 Å². The van der Waals surface area contributed by atoms with Gasteiger partial charge in [0.1, 0.15) is 24.7 Å². The second-order valence-electron chi connectivity index (χ2n) is 18.9. The van der Waals surface area contributed by atoms with E-state index in [1.807, 2.05) is 24.3 Å². The second-order valence-corrected chi connectivity index (χ2v) is 18.9. The predicted molar refractivity (Wildman–Crippen MR) is 260 cm³/mol. The van der Waals surface area contributed by atoms with Crippen LogP contribution in [0.2, 0.25) is 0 Å². The van der Waals surface area contributed by atoms with Gasteiger partial charge >= 0.3 is 0 Å². The number of nitrogens with zero attached hydrogens (tertiary/aromatic N) is 2. The van der Waals surface area contributed by atoms with Crippen molar-refractivity contribution in [2.45, 2.75) is 146 Å². The number of hydrogen-bond donors (Lipinski definition) is 5. The summed E-state index contributed by atoms with van der Waals surface area (Å²) in [7, 11) is 3.37. The van der Waals surface area contributed by atoms with Gasteiger partial charge in [0.25, 0.3) is 0 Å². The normalized spacial score (nSPS) is 22.0. The lowest BCUT2D eigenvalue weighted by Crippen LogP contribution is -2.59. The fourth-order valence-electron chi connectivity index (χ4n) is 10.2. The number of amides is 5. The molecule has 0 unspecified atom stereocenters. The minimum atomic E-state index is -1.07. The summed E-state index contributed by atoms with van der Waals surface area (Å²) >= 11 is 0. The fraction of sp³-hybridized carbons (Fsp3) is 0.519. The number of carbonyl (C=O) groups excluding carboxylic acids is 6. The van der Waals surface area contributed by atoms with E-state index in [-0.39, 0.29) is 60.4 Å². The van der Waals surface area contributed by atoms with Gasteiger partial charge in [-0.05, 0) is 139 Å². The number of likely N-dealkylation sites (N-methyl/N-ethyl adjacent to an activating group) is 2. The Bertz CT molecular complexity index is 2360. The van der Waals surface area contributed by atoms with Crippen molar-refractivity contribution in [2.24, 2.45) is 0 Å². The second kappa shape index (κ2) is 23.4. The van der Waals surface area contributed by atoms with Crippen LogP contribution in [-0.2, 0) is 46.3 Å². The third kappa shape index (κ3) is 11.9. The van der Waals surface area contributed by atoms with Gasteiger partial charge in [-0.3, -0.25) is 28.8 Å². The van der Waals surface area contributed by atoms with Gasteiger partial charge in [-0.2, -0.15) is 0 Å². The number of rotatable bonds is 17. The minimum Gasteiger partial charge on any atom is -0.363 e. The maximum Gasteiger partial charge on any atom is 0.248 e. The smallest absolute Gasteiger partial charge is 0.248 e. The average molecular weight is 928 g/mol. The molecule has 2 heterocycles. The lowest BCUT2D eigenvalue weighted by molar-refractivity contribution is -0.145. The van der Waals surface area contributed by atoms with Gasteiger partial charge in [0.15, 0.2) is 5.78 Å². The first-order chi connectivity index (χ1) is 32.9. The molecule has 0 radical (unpaired) electrons. The number of hydrogen-bond acceptors (Lipinski definition) is 9. The number of aryl methyl sites for hydroxylation is 2. The average Bonchev–Trinajstić information content (AvgIpc) is 4.07. The highest BCUT2D eigenvalue weighted by Crippen LogP contribution is 2.33. The third-order valence-corrected chi connectivity index (χ3v) is 14.5. The molecule has 4 aliphatic rings. The Labute approximate surface area is 401 Å². The number of nitrogens with one attached hydrogen (secondary N) is 5. The standard InChI is InChI=1S/C54H69N7O7/c1-34(55-4)48(62)33-43(53(66)60-30-12-24-46(60)51(64)57-44-22-10-18-38-16-6-8-20-41(38)44)40-28-26-37(27-29-40)15-14-32-68-36(3)49(59-50(63)35(2)56-5)54(67)61-31-13-25-47(61)52(65)58-45-23-11-19-39-17-7-9-21-42(39)45/h6-9,16-17,20-21,26-29,34-36,43-47,49,55-56H,10-13,18-19,22-25,30-33H2,1-5H3,(H,57,64)(H,58,65)(H,59,63)/t34-,35-,36+,43-,44+,45+,46-,47-,49-/m0/s1. The topological polar surface area (TPSA) is 178 Å². The zero-order valence-corrected chi connectivity index (χ0v) is 40.3. The highest BCUT2D eigenvalue weighted by molar-refractivity contribution is 5.96. The molecular weight excluding hydrogens is 859 g/mol. The van der Waals surface area contributed by atoms with E-state index in [9.17, 15) is 28.8 Å². The molecule has 9 atom stereocenters. The summed E-state index contributed by atoms with van der Waals surface area (Å²) in [6, 6.07) is 19.9. The number of carbonyl (C=O) groups is 6. The van der Waals surface area contributed by atoms with Crippen LogP contribution in [-0.4, -0.2) is 115 Å². The van der Waals surface area contributed by atoms with Crippen LogP contribution in [0.5, 0.6) is 0 Å². The minimum absolute atomic E-state index is 0.0279. The van der Waals surface area contributed by atoms with Crippen molar-refractivity contribution in [2.75, 3.05) is 33.8 Å². The van der Waals surface area contributed by atoms with Gasteiger partial charge in [0.2, 0.25) is 29.5 Å². The summed E-state index contributed by atoms with van der Waals surface area (Å²) in [6.45, 7) is 5.94. The molecule has 5 amide bonds. The van der Waals surface area contributed by atoms with Crippen molar-refractivity contribution in [3.05, 3.63) is 106 Å². The van der Waals surface area contributed by atoms with Crippen molar-refractivity contribution in [3.63, 3.8) is 0 Å². The van der Waals surface area contributed by atoms with Gasteiger partial charge in [0, 0.05) is 25.1 Å². The van der Waals surface area contributed by atoms with Crippen molar-refractivity contribution in [3.8, 4) is 11.8 Å². The molecule has 2 fully saturated rings. The molecule has 3 aromatic rings. The maximum absolute atomic E-state index is 14.5. The van der Waals surface area contributed by atoms with Gasteiger partial charge in [-0.1, -0.05) is 72.5 Å². The summed E-state index contributed by atoms with van der Waals surface area (Å²) < 4.78 is 6.12. The molecule has 362 valence electrons. The lowest BCUT2D eigenvalue weighted by atomic mass is 9.87. The van der Waals surface area contributed by atoms with Crippen LogP contribution in [0.1, 0.15) is 130 Å². The Morgan fingerprint density at radius 3 is 1.74 bits per heavy atom. The number of ether oxygens (including phenoxy) is 1. The van der Waals surface area contributed by atoms with E-state index in [0.717, 1.165) is 49.7 Å². The summed E-state index contributed by atoms with van der Waals surface area (Å²) in [5.41, 5.74) is 6.03. The van der Waals surface area contributed by atoms with Crippen LogP contribution >= 0.6 is 0 Å². The summed E-state index contributed by atoms with van der Waals surface area (Å²) in [6.07, 6.45) is 7.17. The van der Waals surface area contributed by atoms with Gasteiger partial charge in [-0.15, -0.1) is 0 Å². The quantitative estimate of drug-likeness (QED) is 0.122. The summed E-state index contributed by atoms with van der Waals surface area (Å²) in [4.78, 5) is 86.3. The van der Waals surface area contributed by atoms with Crippen molar-refractivity contribution in [1.29, 1.82) is 0 Å². The molecule has 14 nitrogen and oxygen atoms in total. The van der Waals surface area contributed by atoms with Crippen molar-refractivity contribution < 1.29 is 33.5 Å². The molecule has 0 aromatic heterocycles. The number of fused-ring (bicyclic) bond motifs is 2. The molecule has 0 spiro atoms. The molecule has 0 bridgehead atoms. The van der Waals surface area contributed by atoms with Gasteiger partial charge in [0.05, 0.1) is 36.2 Å². The number of benzene rings is 3. The van der Waals surface area contributed by atoms with Crippen LogP contribution in [0.15, 0.2) is 72.8 Å². The SMILES string of the molecule is CN[C@@H](C)C(=O)C[C@H](C(=O)N1CCC[C@H]1C(=O)N[C@@H]1CCCc2ccccc21)c1ccc(C#CCO[C@H](C)[C@H](NC(=O)[C@H](C)NC)C(=O)N2CCC[C@H]2C(=O)N[C@@H]2CCCc3ccccc32)cc1. The number of likely N-dealkylation sites (tertiary alicyclic amines) is 2. The molecular formula is C54H69N7O7. The fourth-order valence-corrected chi connectivity index (χ4v) is 10.2. The summed E-state index contributed by atoms with van der Waals surface area (Å²) in [5.74, 6) is 3.84. The molecule has 2 saturated heterocycles. The van der Waals surface area contributed by atoms with Crippen molar-refractivity contribution in [1.82, 2.24) is 36.4 Å². The van der Waals surface area contributed by atoms with E-state index >= 15 is 0 Å². The first-order valence-electron chi connectivity index (χ1n) is 24.6. The first-order valence-corrected chi connectivity index (χ1v) is 24.6. The highest BCUT2D eigenvalue weighted by Gasteiger charge is 2.42. The van der Waals surface area contributed by atoms with Crippen LogP contribution in [0.3, 0.4) is 0 Å². The van der Waals surface area contributed by atoms with E-state index in [2.05, 4.69) is 62.7 Å². The highest BCUT2D eigenvalue weighted by atomic mass is 16.5. The molecule has 7 rings (SSSR count). The Kier molecular flexibility index (Phi) is 17.2. The van der Waals surface area contributed by atoms with Crippen LogP contribution in [0.25, 0.3) is 0 Å². The molecule has 0 saturated carbocycles. The molecule has 3 aromatic carbocycles. The van der Waals surface area contributed by atoms with Gasteiger partial charge < -0.3 is 41.1 Å². The van der Waals surface area contributed by atoms with E-state index in [0.29, 0.717) is 49.9 Å². The van der Waals surface area contributed by atoms with Crippen LogP contribution in [0, 0.1) is 11.8 Å². The third-order valence-electron chi connectivity index (χ3n) is 14.5. The summed E-state index contributed by atoms with van der Waals surface area (Å²) in [5, 5.41) is 15.3. The number of Topliss-reactive ketones (excluding diaryl/α,β-unsaturated/α-hetero) is 1. The first kappa shape index (κ1) is 50.0. The van der Waals surface area contributed by atoms with Crippen LogP contribution in [0.4, 0.5) is 0 Å². The Morgan fingerprint density at radius 2 is 1.19 bits per heavy atom. The molecule has 2 aliphatic heterocycles. The van der Waals surface area contributed by atoms with Crippen molar-refractivity contribution >= 4 is 35.3 Å². The molecule has 5 N–H and O–H groups in total. The Balaban J connectivity index is 1.00. The molecule has 2 aliphatic carbocycles. The Morgan fingerprint density at radius 1 is 0.662 bits per heavy atom. The largest absolute Gasteiger partial charge is 0.363 e. The zero-order chi connectivity index (χ0) is 48.3. The maximum atomic E-state index is 14.5. The Hall–Kier alpha value is -5.88. The molecule has 68 heavy (non-hydrogen) atoms. The van der Waals surface area contributed by atoms with Crippen LogP contribution < -0.4 is 26.6 Å². The van der Waals surface area contributed by atoms with E-state index in [4.69, 9.17) is 4.74 Å². The lowest BCUT2D eigenvalue weighted by Gasteiger charge is -2.33. The van der Waals surface area contributed by atoms with E-state index < -0.39 is 42.2 Å². The van der Waals surface area contributed by atoms with Gasteiger partial charge in [-0.25, -0.2) is 0 Å². The van der Waals surface area contributed by atoms with E-state index in [1.165, 1.54) is 11.1 Å². The predicted octanol–water partition coefficient (Wildman–Crippen LogP) is 4.56. The number of ketones is 1. The molecule has 14 heteroatoms.